The average molecular weight is 505 g/mol. The summed E-state index contributed by atoms with van der Waals surface area (Å²) in [5, 5.41) is 3.46. The summed E-state index contributed by atoms with van der Waals surface area (Å²) in [5.74, 6) is -0.509. The summed E-state index contributed by atoms with van der Waals surface area (Å²) in [6.07, 6.45) is 1.06. The first kappa shape index (κ1) is 26.5. The Morgan fingerprint density at radius 1 is 1.23 bits per heavy atom. The fraction of sp³-hybridized carbons (Fsp3) is 0.520. The predicted molar refractivity (Wildman–Crippen MR) is 133 cm³/mol. The number of nitrogens with zero attached hydrogens (tertiary/aromatic N) is 3. The number of alkyl carbamates (subject to hydrolysis) is 1. The molecule has 9 nitrogen and oxygen atoms in total. The number of aromatic nitrogens is 2. The van der Waals surface area contributed by atoms with E-state index in [1.807, 2.05) is 43.9 Å². The van der Waals surface area contributed by atoms with E-state index in [0.29, 0.717) is 24.1 Å². The normalized spacial score (nSPS) is 16.1. The summed E-state index contributed by atoms with van der Waals surface area (Å²) < 4.78 is 12.4. The third-order valence-electron chi connectivity index (χ3n) is 5.46. The van der Waals surface area contributed by atoms with Crippen LogP contribution in [-0.2, 0) is 16.0 Å². The summed E-state index contributed by atoms with van der Waals surface area (Å²) in [5.41, 5.74) is 0.312. The average Bonchev–Trinajstić information content (AvgIpc) is 3.14. The van der Waals surface area contributed by atoms with Crippen molar-refractivity contribution in [1.29, 1.82) is 0 Å². The van der Waals surface area contributed by atoms with E-state index >= 15 is 0 Å². The Labute approximate surface area is 210 Å². The lowest BCUT2D eigenvalue weighted by Gasteiger charge is -2.34. The molecular weight excluding hydrogens is 472 g/mol. The first-order valence-electron chi connectivity index (χ1n) is 11.8. The molecule has 1 fully saturated rings. The Bertz CT molecular complexity index is 1090. The van der Waals surface area contributed by atoms with Crippen molar-refractivity contribution < 1.29 is 23.9 Å². The zero-order chi connectivity index (χ0) is 25.8. The topological polar surface area (TPSA) is 103 Å². The number of Topliss-reactive ketones (excluding diaryl/α,β-unsaturated/α-hetero) is 1. The number of piperidine rings is 1. The minimum absolute atomic E-state index is 0.0488. The van der Waals surface area contributed by atoms with Crippen LogP contribution >= 0.6 is 11.6 Å². The summed E-state index contributed by atoms with van der Waals surface area (Å²) in [7, 11) is 0. The highest BCUT2D eigenvalue weighted by Crippen LogP contribution is 2.28. The number of carbonyl (C=O) groups is 3. The highest BCUT2D eigenvalue weighted by atomic mass is 35.5. The van der Waals surface area contributed by atoms with E-state index in [0.717, 1.165) is 18.4 Å². The van der Waals surface area contributed by atoms with Gasteiger partial charge in [-0.2, -0.15) is 0 Å². The van der Waals surface area contributed by atoms with Crippen LogP contribution in [0.3, 0.4) is 0 Å². The molecule has 1 N–H and O–H groups in total. The molecule has 1 saturated heterocycles. The van der Waals surface area contributed by atoms with E-state index in [1.54, 1.807) is 17.6 Å². The second kappa shape index (κ2) is 11.1. The van der Waals surface area contributed by atoms with Crippen LogP contribution in [0.25, 0.3) is 0 Å². The van der Waals surface area contributed by atoms with Gasteiger partial charge in [0.2, 0.25) is 5.95 Å². The Balaban J connectivity index is 1.99. The Kier molecular flexibility index (Phi) is 8.43. The molecule has 1 amide bonds. The largest absolute Gasteiger partial charge is 0.461 e. The highest BCUT2D eigenvalue weighted by molar-refractivity contribution is 6.31. The highest BCUT2D eigenvalue weighted by Gasteiger charge is 2.32. The SMILES string of the molecule is CCOC(=O)c1c(C(C)=O)nc(N2CCC[C@@H](NC(=O)OC(C)(C)C)C2)n1Cc1ccccc1Cl. The number of rotatable bonds is 7. The van der Waals surface area contributed by atoms with Gasteiger partial charge in [-0.3, -0.25) is 9.36 Å². The van der Waals surface area contributed by atoms with E-state index in [9.17, 15) is 14.4 Å². The van der Waals surface area contributed by atoms with Crippen molar-refractivity contribution in [1.82, 2.24) is 14.9 Å². The fourth-order valence-corrected chi connectivity index (χ4v) is 4.23. The van der Waals surface area contributed by atoms with Gasteiger partial charge in [-0.05, 0) is 52.2 Å². The summed E-state index contributed by atoms with van der Waals surface area (Å²) in [4.78, 5) is 44.3. The number of ether oxygens (including phenoxy) is 2. The van der Waals surface area contributed by atoms with Gasteiger partial charge in [0, 0.05) is 31.1 Å². The van der Waals surface area contributed by atoms with Gasteiger partial charge in [0.15, 0.2) is 11.5 Å². The number of carbonyl (C=O) groups excluding carboxylic acids is 3. The first-order chi connectivity index (χ1) is 16.5. The summed E-state index contributed by atoms with van der Waals surface area (Å²) in [6, 6.07) is 7.12. The summed E-state index contributed by atoms with van der Waals surface area (Å²) in [6.45, 7) is 9.99. The van der Waals surface area contributed by atoms with Gasteiger partial charge in [0.1, 0.15) is 11.3 Å². The number of halogens is 1. The molecule has 0 bridgehead atoms. The third kappa shape index (κ3) is 6.75. The van der Waals surface area contributed by atoms with E-state index in [4.69, 9.17) is 21.1 Å². The van der Waals surface area contributed by atoms with Crippen LogP contribution in [-0.4, -0.2) is 58.7 Å². The van der Waals surface area contributed by atoms with Crippen molar-refractivity contribution in [3.8, 4) is 0 Å². The predicted octanol–water partition coefficient (Wildman–Crippen LogP) is 4.46. The zero-order valence-corrected chi connectivity index (χ0v) is 21.6. The molecule has 1 aromatic heterocycles. The molecular formula is C25H33ClN4O5. The number of ketones is 1. The van der Waals surface area contributed by atoms with Crippen LogP contribution in [0.1, 0.15) is 74.0 Å². The van der Waals surface area contributed by atoms with Gasteiger partial charge >= 0.3 is 12.1 Å². The zero-order valence-electron chi connectivity index (χ0n) is 20.9. The smallest absolute Gasteiger partial charge is 0.407 e. The van der Waals surface area contributed by atoms with Crippen molar-refractivity contribution >= 4 is 35.4 Å². The van der Waals surface area contributed by atoms with Gasteiger partial charge in [0.25, 0.3) is 0 Å². The monoisotopic (exact) mass is 504 g/mol. The number of nitrogens with one attached hydrogen (secondary N) is 1. The minimum atomic E-state index is -0.621. The number of benzene rings is 1. The Morgan fingerprint density at radius 3 is 2.57 bits per heavy atom. The maximum atomic E-state index is 12.9. The summed E-state index contributed by atoms with van der Waals surface area (Å²) >= 11 is 6.42. The van der Waals surface area contributed by atoms with Crippen molar-refractivity contribution in [3.63, 3.8) is 0 Å². The molecule has 0 radical (unpaired) electrons. The van der Waals surface area contributed by atoms with Gasteiger partial charge < -0.3 is 19.7 Å². The molecule has 10 heteroatoms. The van der Waals surface area contributed by atoms with Crippen LogP contribution in [0.4, 0.5) is 10.7 Å². The fourth-order valence-electron chi connectivity index (χ4n) is 4.03. The molecule has 0 saturated carbocycles. The maximum absolute atomic E-state index is 12.9. The van der Waals surface area contributed by atoms with E-state index in [1.165, 1.54) is 6.92 Å². The lowest BCUT2D eigenvalue weighted by atomic mass is 10.1. The van der Waals surface area contributed by atoms with Crippen molar-refractivity contribution in [2.45, 2.75) is 65.6 Å². The first-order valence-corrected chi connectivity index (χ1v) is 12.1. The molecule has 35 heavy (non-hydrogen) atoms. The molecule has 1 aliphatic heterocycles. The molecule has 2 aromatic rings. The van der Waals surface area contributed by atoms with Gasteiger partial charge in [-0.1, -0.05) is 29.8 Å². The lowest BCUT2D eigenvalue weighted by molar-refractivity contribution is 0.0495. The molecule has 3 rings (SSSR count). The van der Waals surface area contributed by atoms with E-state index < -0.39 is 17.7 Å². The lowest BCUT2D eigenvalue weighted by Crippen LogP contribution is -2.49. The maximum Gasteiger partial charge on any atom is 0.407 e. The van der Waals surface area contributed by atoms with Crippen molar-refractivity contribution in [3.05, 3.63) is 46.2 Å². The van der Waals surface area contributed by atoms with Gasteiger partial charge in [0.05, 0.1) is 13.2 Å². The molecule has 1 aliphatic rings. The number of hydrogen-bond donors (Lipinski definition) is 1. The molecule has 1 atom stereocenters. The molecule has 1 aromatic carbocycles. The second-order valence-corrected chi connectivity index (χ2v) is 9.90. The number of amides is 1. The number of esters is 1. The third-order valence-corrected chi connectivity index (χ3v) is 5.83. The van der Waals surface area contributed by atoms with Crippen LogP contribution in [0.15, 0.2) is 24.3 Å². The van der Waals surface area contributed by atoms with Crippen LogP contribution in [0.5, 0.6) is 0 Å². The number of imidazole rings is 1. The Morgan fingerprint density at radius 2 is 1.94 bits per heavy atom. The van der Waals surface area contributed by atoms with Gasteiger partial charge in [-0.15, -0.1) is 0 Å². The van der Waals surface area contributed by atoms with Crippen LogP contribution in [0, 0.1) is 0 Å². The number of hydrogen-bond acceptors (Lipinski definition) is 7. The van der Waals surface area contributed by atoms with Crippen LogP contribution < -0.4 is 10.2 Å². The molecule has 190 valence electrons. The van der Waals surface area contributed by atoms with Gasteiger partial charge in [-0.25, -0.2) is 14.6 Å². The van der Waals surface area contributed by atoms with E-state index in [2.05, 4.69) is 10.3 Å². The van der Waals surface area contributed by atoms with E-state index in [-0.39, 0.29) is 36.4 Å². The van der Waals surface area contributed by atoms with Crippen molar-refractivity contribution in [2.75, 3.05) is 24.6 Å². The van der Waals surface area contributed by atoms with Crippen molar-refractivity contribution in [2.24, 2.45) is 0 Å². The minimum Gasteiger partial charge on any atom is -0.461 e. The molecule has 0 spiro atoms. The number of anilines is 1. The Hall–Kier alpha value is -3.07. The quantitative estimate of drug-likeness (QED) is 0.438. The second-order valence-electron chi connectivity index (χ2n) is 9.49. The molecule has 2 heterocycles. The van der Waals surface area contributed by atoms with Crippen LogP contribution in [0.2, 0.25) is 5.02 Å². The standard InChI is InChI=1S/C25H33ClN4O5/c1-6-34-22(32)21-20(16(2)31)28-23(30(21)14-17-10-7-8-12-19(17)26)29-13-9-11-18(15-29)27-24(33)35-25(3,4)5/h7-8,10,12,18H,6,9,11,13-15H2,1-5H3,(H,27,33)/t18-/m1/s1. The molecule has 0 aliphatic carbocycles. The molecule has 0 unspecified atom stereocenters.